The van der Waals surface area contributed by atoms with E-state index in [2.05, 4.69) is 15.2 Å². The number of halogens is 3. The van der Waals surface area contributed by atoms with Crippen LogP contribution >= 0.6 is 0 Å². The highest BCUT2D eigenvalue weighted by Gasteiger charge is 2.30. The van der Waals surface area contributed by atoms with E-state index in [4.69, 9.17) is 0 Å². The fourth-order valence-electron chi connectivity index (χ4n) is 2.91. The maximum Gasteiger partial charge on any atom is 0.411 e. The van der Waals surface area contributed by atoms with Crippen molar-refractivity contribution in [2.75, 3.05) is 11.9 Å². The maximum absolute atomic E-state index is 12.4. The van der Waals surface area contributed by atoms with Gasteiger partial charge in [0, 0.05) is 11.6 Å². The average Bonchev–Trinajstić information content (AvgIpc) is 3.08. The van der Waals surface area contributed by atoms with E-state index in [1.807, 2.05) is 61.5 Å². The number of aromatic nitrogens is 2. The first kappa shape index (κ1) is 21.6. The van der Waals surface area contributed by atoms with E-state index in [-0.39, 0.29) is 0 Å². The molecular formula is C22H22F3N3O2. The largest absolute Gasteiger partial charge is 0.411 e. The number of nitrogens with zero attached hydrogens (tertiary/aromatic N) is 2. The van der Waals surface area contributed by atoms with Crippen LogP contribution in [0.5, 0.6) is 0 Å². The van der Waals surface area contributed by atoms with Gasteiger partial charge in [-0.2, -0.15) is 18.3 Å². The summed E-state index contributed by atoms with van der Waals surface area (Å²) in [5.74, 6) is -0.297. The lowest BCUT2D eigenvalue weighted by Crippen LogP contribution is -2.32. The molecule has 1 atom stereocenters. The van der Waals surface area contributed by atoms with Gasteiger partial charge >= 0.3 is 6.18 Å². The minimum atomic E-state index is -4.50. The molecule has 0 saturated carbocycles. The minimum Gasteiger partial charge on any atom is -0.359 e. The molecule has 0 unspecified atom stereocenters. The van der Waals surface area contributed by atoms with Crippen LogP contribution in [0.25, 0.3) is 11.3 Å². The lowest BCUT2D eigenvalue weighted by atomic mass is 10.1. The number of hydrogen-bond acceptors (Lipinski definition) is 3. The van der Waals surface area contributed by atoms with Crippen LogP contribution in [0.4, 0.5) is 19.0 Å². The Labute approximate surface area is 172 Å². The molecule has 3 rings (SSSR count). The van der Waals surface area contributed by atoms with Gasteiger partial charge in [-0.3, -0.25) is 4.79 Å². The molecule has 3 aromatic rings. The standard InChI is InChI=1S/C22H22F3N3O2/c1-15-8-6-7-11-18(15)19-12-20(26-21(29)16(2)30-14-22(23,24)25)28(27-19)13-17-9-4-3-5-10-17/h3-12,16H,13-14H2,1-2H3,(H,26,29)/t16-/m1/s1. The molecule has 0 bridgehead atoms. The minimum absolute atomic E-state index is 0.379. The van der Waals surface area contributed by atoms with Crippen LogP contribution in [0, 0.1) is 6.92 Å². The van der Waals surface area contributed by atoms with Gasteiger partial charge in [0.2, 0.25) is 0 Å². The number of anilines is 1. The van der Waals surface area contributed by atoms with Gasteiger partial charge in [0.05, 0.1) is 12.2 Å². The monoisotopic (exact) mass is 417 g/mol. The number of aryl methyl sites for hydroxylation is 1. The van der Waals surface area contributed by atoms with E-state index in [0.29, 0.717) is 18.1 Å². The molecule has 1 N–H and O–H groups in total. The molecule has 0 radical (unpaired) electrons. The number of carbonyl (C=O) groups is 1. The van der Waals surface area contributed by atoms with E-state index < -0.39 is 24.8 Å². The molecule has 1 amide bonds. The maximum atomic E-state index is 12.4. The van der Waals surface area contributed by atoms with Gasteiger partial charge in [0.15, 0.2) is 0 Å². The number of benzene rings is 2. The molecule has 2 aromatic carbocycles. The average molecular weight is 417 g/mol. The van der Waals surface area contributed by atoms with E-state index in [1.165, 1.54) is 6.92 Å². The van der Waals surface area contributed by atoms with E-state index in [9.17, 15) is 18.0 Å². The molecule has 0 saturated heterocycles. The number of alkyl halides is 3. The second-order valence-corrected chi connectivity index (χ2v) is 6.93. The predicted octanol–water partition coefficient (Wildman–Crippen LogP) is 4.81. The van der Waals surface area contributed by atoms with Crippen LogP contribution in [0.1, 0.15) is 18.1 Å². The van der Waals surface area contributed by atoms with Gasteiger partial charge in [-0.25, -0.2) is 4.68 Å². The summed E-state index contributed by atoms with van der Waals surface area (Å²) < 4.78 is 43.4. The van der Waals surface area contributed by atoms with Crippen molar-refractivity contribution < 1.29 is 22.7 Å². The normalized spacial score (nSPS) is 12.6. The smallest absolute Gasteiger partial charge is 0.359 e. The zero-order valence-corrected chi connectivity index (χ0v) is 16.6. The third-order valence-electron chi connectivity index (χ3n) is 4.49. The number of amides is 1. The number of rotatable bonds is 7. The quantitative estimate of drug-likeness (QED) is 0.600. The highest BCUT2D eigenvalue weighted by molar-refractivity contribution is 5.93. The second-order valence-electron chi connectivity index (χ2n) is 6.93. The van der Waals surface area contributed by atoms with E-state index in [1.54, 1.807) is 10.7 Å². The molecule has 1 aromatic heterocycles. The molecule has 0 aliphatic carbocycles. The topological polar surface area (TPSA) is 56.1 Å². The van der Waals surface area contributed by atoms with Crippen molar-refractivity contribution in [3.8, 4) is 11.3 Å². The van der Waals surface area contributed by atoms with Gasteiger partial charge in [-0.15, -0.1) is 0 Å². The lowest BCUT2D eigenvalue weighted by Gasteiger charge is -2.15. The zero-order chi connectivity index (χ0) is 21.7. The predicted molar refractivity (Wildman–Crippen MR) is 108 cm³/mol. The van der Waals surface area contributed by atoms with Crippen molar-refractivity contribution >= 4 is 11.7 Å². The van der Waals surface area contributed by atoms with Crippen molar-refractivity contribution in [3.05, 3.63) is 71.8 Å². The van der Waals surface area contributed by atoms with Crippen LogP contribution in [0.3, 0.4) is 0 Å². The van der Waals surface area contributed by atoms with Gasteiger partial charge in [-0.1, -0.05) is 54.6 Å². The second kappa shape index (κ2) is 9.13. The third-order valence-corrected chi connectivity index (χ3v) is 4.49. The Morgan fingerprint density at radius 1 is 1.13 bits per heavy atom. The van der Waals surface area contributed by atoms with Crippen molar-refractivity contribution in [1.29, 1.82) is 0 Å². The third kappa shape index (κ3) is 5.70. The Hall–Kier alpha value is -3.13. The molecule has 30 heavy (non-hydrogen) atoms. The molecule has 158 valence electrons. The highest BCUT2D eigenvalue weighted by Crippen LogP contribution is 2.26. The summed E-state index contributed by atoms with van der Waals surface area (Å²) >= 11 is 0. The first-order chi connectivity index (χ1) is 14.2. The Kier molecular flexibility index (Phi) is 6.56. The van der Waals surface area contributed by atoms with Crippen LogP contribution in [-0.2, 0) is 16.1 Å². The Bertz CT molecular complexity index is 1000. The summed E-state index contributed by atoms with van der Waals surface area (Å²) in [6.07, 6.45) is -5.77. The number of nitrogens with one attached hydrogen (secondary N) is 1. The van der Waals surface area contributed by atoms with Crippen molar-refractivity contribution in [2.24, 2.45) is 0 Å². The summed E-state index contributed by atoms with van der Waals surface area (Å²) in [4.78, 5) is 12.4. The molecule has 0 aliphatic rings. The number of ether oxygens (including phenoxy) is 1. The molecular weight excluding hydrogens is 395 g/mol. The Morgan fingerprint density at radius 2 is 1.80 bits per heavy atom. The molecule has 1 heterocycles. The fourth-order valence-corrected chi connectivity index (χ4v) is 2.91. The van der Waals surface area contributed by atoms with E-state index in [0.717, 1.165) is 16.7 Å². The molecule has 0 aliphatic heterocycles. The molecule has 8 heteroatoms. The fraction of sp³-hybridized carbons (Fsp3) is 0.273. The SMILES string of the molecule is Cc1ccccc1-c1cc(NC(=O)[C@@H](C)OCC(F)(F)F)n(Cc2ccccc2)n1. The van der Waals surface area contributed by atoms with Gasteiger partial charge < -0.3 is 10.1 Å². The van der Waals surface area contributed by atoms with Gasteiger partial charge in [0.25, 0.3) is 5.91 Å². The summed E-state index contributed by atoms with van der Waals surface area (Å²) in [6.45, 7) is 2.14. The van der Waals surface area contributed by atoms with Crippen LogP contribution < -0.4 is 5.32 Å². The summed E-state index contributed by atoms with van der Waals surface area (Å²) in [5, 5.41) is 7.26. The highest BCUT2D eigenvalue weighted by atomic mass is 19.4. The van der Waals surface area contributed by atoms with Crippen molar-refractivity contribution in [1.82, 2.24) is 9.78 Å². The lowest BCUT2D eigenvalue weighted by molar-refractivity contribution is -0.184. The molecule has 0 spiro atoms. The molecule has 0 fully saturated rings. The number of carbonyl (C=O) groups excluding carboxylic acids is 1. The van der Waals surface area contributed by atoms with Crippen LogP contribution in [-0.4, -0.2) is 34.6 Å². The molecule has 5 nitrogen and oxygen atoms in total. The first-order valence-electron chi connectivity index (χ1n) is 9.40. The van der Waals surface area contributed by atoms with E-state index >= 15 is 0 Å². The van der Waals surface area contributed by atoms with Crippen molar-refractivity contribution in [2.45, 2.75) is 32.7 Å². The Balaban J connectivity index is 1.86. The zero-order valence-electron chi connectivity index (χ0n) is 16.6. The van der Waals surface area contributed by atoms with Crippen LogP contribution in [0.15, 0.2) is 60.7 Å². The summed E-state index contributed by atoms with van der Waals surface area (Å²) in [6, 6.07) is 18.9. The summed E-state index contributed by atoms with van der Waals surface area (Å²) in [7, 11) is 0. The van der Waals surface area contributed by atoms with Gasteiger partial charge in [0.1, 0.15) is 18.5 Å². The van der Waals surface area contributed by atoms with Crippen molar-refractivity contribution in [3.63, 3.8) is 0 Å². The van der Waals surface area contributed by atoms with Gasteiger partial charge in [-0.05, 0) is 25.0 Å². The summed E-state index contributed by atoms with van der Waals surface area (Å²) in [5.41, 5.74) is 3.54. The number of hydrogen-bond donors (Lipinski definition) is 1. The van der Waals surface area contributed by atoms with Crippen LogP contribution in [0.2, 0.25) is 0 Å². The Morgan fingerprint density at radius 3 is 2.47 bits per heavy atom. The first-order valence-corrected chi connectivity index (χ1v) is 9.40.